The van der Waals surface area contributed by atoms with Gasteiger partial charge in [0, 0.05) is 12.1 Å². The van der Waals surface area contributed by atoms with Crippen LogP contribution in [-0.4, -0.2) is 94.2 Å². The number of aliphatic carboxylic acids is 2. The van der Waals surface area contributed by atoms with Crippen molar-refractivity contribution in [2.45, 2.75) is 123 Å². The standard InChI is InChI=1S/C31H52N6O10/c1-9-11-19(15-38)33-27(43)20(10-2)34-30(46)25(16(3)4)37-31(47)26(17(5)6)36-29(45)22(14-24(41)42)35-28(44)21(32-18(7)8)12-13-23(39)40/h15-17,19-22,25-26,32H,7,9-14H2,1-6,8H3,(H,33,43)(H,34,46)(H,35,44)(H,36,45)(H,37,47)(H,39,40)(H,41,42)/t19-,20-,21-,22-,25-,26-/m0/s1. The van der Waals surface area contributed by atoms with Gasteiger partial charge in [-0.3, -0.25) is 33.6 Å². The lowest BCUT2D eigenvalue weighted by molar-refractivity contribution is -0.141. The van der Waals surface area contributed by atoms with Crippen LogP contribution in [0.3, 0.4) is 0 Å². The third kappa shape index (κ3) is 16.1. The van der Waals surface area contributed by atoms with Crippen molar-refractivity contribution in [3.8, 4) is 0 Å². The Balaban J connectivity index is 5.89. The predicted molar refractivity (Wildman–Crippen MR) is 171 cm³/mol. The second-order valence-corrected chi connectivity index (χ2v) is 12.0. The van der Waals surface area contributed by atoms with Crippen LogP contribution in [0.1, 0.15) is 87.0 Å². The number of carbonyl (C=O) groups is 8. The van der Waals surface area contributed by atoms with E-state index in [-0.39, 0.29) is 12.8 Å². The van der Waals surface area contributed by atoms with E-state index >= 15 is 0 Å². The first-order chi connectivity index (χ1) is 21.9. The second kappa shape index (κ2) is 21.3. The summed E-state index contributed by atoms with van der Waals surface area (Å²) in [5, 5.41) is 33.7. The van der Waals surface area contributed by atoms with Gasteiger partial charge in [-0.25, -0.2) is 0 Å². The quantitative estimate of drug-likeness (QED) is 0.0671. The Kier molecular flexibility index (Phi) is 19.3. The molecule has 16 heteroatoms. The van der Waals surface area contributed by atoms with Crippen LogP contribution in [0.15, 0.2) is 12.3 Å². The molecule has 5 amide bonds. The SMILES string of the molecule is C=C(C)N[C@@H](CCC(=O)O)C(=O)N[C@@H](CC(=O)O)C(=O)N[C@H](C(=O)N[C@H](C(=O)N[C@@H](CC)C(=O)N[C@H](C=O)CCC)C(C)C)C(C)C. The van der Waals surface area contributed by atoms with E-state index < -0.39 is 102 Å². The summed E-state index contributed by atoms with van der Waals surface area (Å²) in [6.07, 6.45) is 0.498. The molecular formula is C31H52N6O10. The van der Waals surface area contributed by atoms with Gasteiger partial charge in [0.2, 0.25) is 29.5 Å². The van der Waals surface area contributed by atoms with Gasteiger partial charge in [-0.05, 0) is 38.0 Å². The monoisotopic (exact) mass is 668 g/mol. The fraction of sp³-hybridized carbons (Fsp3) is 0.677. The van der Waals surface area contributed by atoms with Crippen LogP contribution in [-0.2, 0) is 38.4 Å². The molecule has 0 aromatic carbocycles. The van der Waals surface area contributed by atoms with Crippen molar-refractivity contribution >= 4 is 47.8 Å². The highest BCUT2D eigenvalue weighted by molar-refractivity contribution is 5.97. The topological polar surface area (TPSA) is 249 Å². The van der Waals surface area contributed by atoms with Gasteiger partial charge in [-0.15, -0.1) is 0 Å². The Morgan fingerprint density at radius 2 is 1.11 bits per heavy atom. The summed E-state index contributed by atoms with van der Waals surface area (Å²) >= 11 is 0. The molecule has 0 heterocycles. The fourth-order valence-electron chi connectivity index (χ4n) is 4.44. The molecule has 16 nitrogen and oxygen atoms in total. The molecule has 0 aliphatic rings. The summed E-state index contributed by atoms with van der Waals surface area (Å²) in [5.74, 6) is -7.45. The summed E-state index contributed by atoms with van der Waals surface area (Å²) in [6.45, 7) is 15.2. The van der Waals surface area contributed by atoms with Gasteiger partial charge in [0.15, 0.2) is 0 Å². The maximum absolute atomic E-state index is 13.4. The molecule has 0 radical (unpaired) electrons. The largest absolute Gasteiger partial charge is 0.481 e. The van der Waals surface area contributed by atoms with Crippen LogP contribution in [0.5, 0.6) is 0 Å². The number of hydrogen-bond acceptors (Lipinski definition) is 9. The molecule has 47 heavy (non-hydrogen) atoms. The number of nitrogens with one attached hydrogen (secondary N) is 6. The van der Waals surface area contributed by atoms with Crippen LogP contribution in [0, 0.1) is 11.8 Å². The van der Waals surface area contributed by atoms with Crippen molar-refractivity contribution in [1.82, 2.24) is 31.9 Å². The highest BCUT2D eigenvalue weighted by atomic mass is 16.4. The van der Waals surface area contributed by atoms with Crippen LogP contribution in [0.25, 0.3) is 0 Å². The van der Waals surface area contributed by atoms with E-state index in [0.717, 1.165) is 0 Å². The van der Waals surface area contributed by atoms with Crippen LogP contribution in [0.4, 0.5) is 0 Å². The van der Waals surface area contributed by atoms with Crippen molar-refractivity contribution in [2.75, 3.05) is 0 Å². The Bertz CT molecular complexity index is 1140. The lowest BCUT2D eigenvalue weighted by atomic mass is 9.98. The van der Waals surface area contributed by atoms with Crippen molar-refractivity contribution in [3.63, 3.8) is 0 Å². The molecule has 0 saturated heterocycles. The number of carbonyl (C=O) groups excluding carboxylic acids is 6. The first-order valence-electron chi connectivity index (χ1n) is 15.7. The molecule has 0 fully saturated rings. The van der Waals surface area contributed by atoms with E-state index in [2.05, 4.69) is 38.5 Å². The molecule has 0 unspecified atom stereocenters. The number of amides is 5. The van der Waals surface area contributed by atoms with Gasteiger partial charge in [0.25, 0.3) is 0 Å². The molecule has 0 aromatic rings. The summed E-state index contributed by atoms with van der Waals surface area (Å²) in [4.78, 5) is 99.5. The fourth-order valence-corrected chi connectivity index (χ4v) is 4.44. The summed E-state index contributed by atoms with van der Waals surface area (Å²) in [6, 6.07) is -6.87. The van der Waals surface area contributed by atoms with Crippen LogP contribution < -0.4 is 31.9 Å². The molecular weight excluding hydrogens is 616 g/mol. The third-order valence-electron chi connectivity index (χ3n) is 7.02. The van der Waals surface area contributed by atoms with Crippen molar-refractivity contribution in [3.05, 3.63) is 12.3 Å². The number of aldehydes is 1. The Morgan fingerprint density at radius 3 is 1.53 bits per heavy atom. The van der Waals surface area contributed by atoms with Gasteiger partial charge in [0.05, 0.1) is 12.5 Å². The van der Waals surface area contributed by atoms with E-state index in [1.807, 2.05) is 6.92 Å². The molecule has 266 valence electrons. The molecule has 6 atom stereocenters. The second-order valence-electron chi connectivity index (χ2n) is 12.0. The molecule has 0 bridgehead atoms. The highest BCUT2D eigenvalue weighted by Crippen LogP contribution is 2.10. The Morgan fingerprint density at radius 1 is 0.638 bits per heavy atom. The Hall–Kier alpha value is -4.50. The zero-order valence-electron chi connectivity index (χ0n) is 28.3. The van der Waals surface area contributed by atoms with E-state index in [1.54, 1.807) is 34.6 Å². The zero-order valence-corrected chi connectivity index (χ0v) is 28.3. The molecule has 0 rings (SSSR count). The maximum atomic E-state index is 13.4. The van der Waals surface area contributed by atoms with Gasteiger partial charge < -0.3 is 46.9 Å². The summed E-state index contributed by atoms with van der Waals surface area (Å²) in [7, 11) is 0. The van der Waals surface area contributed by atoms with Gasteiger partial charge in [-0.1, -0.05) is 54.5 Å². The molecule has 0 saturated carbocycles. The normalized spacial score (nSPS) is 14.7. The lowest BCUT2D eigenvalue weighted by Crippen LogP contribution is -2.61. The predicted octanol–water partition coefficient (Wildman–Crippen LogP) is -0.0373. The lowest BCUT2D eigenvalue weighted by Gasteiger charge is -2.29. The first kappa shape index (κ1) is 42.5. The number of carboxylic acid groups (broad SMARTS) is 2. The molecule has 0 aromatic heterocycles. The van der Waals surface area contributed by atoms with Crippen molar-refractivity contribution in [1.29, 1.82) is 0 Å². The smallest absolute Gasteiger partial charge is 0.305 e. The highest BCUT2D eigenvalue weighted by Gasteiger charge is 2.35. The minimum Gasteiger partial charge on any atom is -0.481 e. The number of rotatable bonds is 23. The van der Waals surface area contributed by atoms with Crippen LogP contribution >= 0.6 is 0 Å². The van der Waals surface area contributed by atoms with Gasteiger partial charge >= 0.3 is 11.9 Å². The molecule has 0 aliphatic carbocycles. The average molecular weight is 669 g/mol. The molecule has 0 spiro atoms. The van der Waals surface area contributed by atoms with Gasteiger partial charge in [-0.2, -0.15) is 0 Å². The van der Waals surface area contributed by atoms with E-state index in [4.69, 9.17) is 5.11 Å². The van der Waals surface area contributed by atoms with Gasteiger partial charge in [0.1, 0.15) is 36.5 Å². The zero-order chi connectivity index (χ0) is 36.4. The van der Waals surface area contributed by atoms with E-state index in [9.17, 15) is 43.5 Å². The summed E-state index contributed by atoms with van der Waals surface area (Å²) in [5.41, 5.74) is 0.336. The van der Waals surface area contributed by atoms with Crippen LogP contribution in [0.2, 0.25) is 0 Å². The summed E-state index contributed by atoms with van der Waals surface area (Å²) < 4.78 is 0. The maximum Gasteiger partial charge on any atom is 0.305 e. The number of allylic oxidation sites excluding steroid dienone is 1. The third-order valence-corrected chi connectivity index (χ3v) is 7.02. The van der Waals surface area contributed by atoms with E-state index in [1.165, 1.54) is 6.92 Å². The van der Waals surface area contributed by atoms with Crippen molar-refractivity contribution in [2.24, 2.45) is 11.8 Å². The average Bonchev–Trinajstić information content (AvgIpc) is 2.97. The minimum atomic E-state index is -1.63. The molecule has 8 N–H and O–H groups in total. The van der Waals surface area contributed by atoms with E-state index in [0.29, 0.717) is 24.8 Å². The number of carboxylic acids is 2. The Labute approximate surface area is 275 Å². The van der Waals surface area contributed by atoms with Crippen molar-refractivity contribution < 1.29 is 48.6 Å². The first-order valence-corrected chi connectivity index (χ1v) is 15.7. The number of hydrogen-bond donors (Lipinski definition) is 8. The molecule has 0 aliphatic heterocycles. The minimum absolute atomic E-state index is 0.178.